The van der Waals surface area contributed by atoms with Gasteiger partial charge in [0.1, 0.15) is 5.75 Å². The molecule has 1 N–H and O–H groups in total. The first-order valence-electron chi connectivity index (χ1n) is 7.83. The van der Waals surface area contributed by atoms with E-state index in [1.54, 1.807) is 0 Å². The number of rotatable bonds is 6. The molecule has 2 nitrogen and oxygen atoms in total. The second kappa shape index (κ2) is 6.21. The number of aryl methyl sites for hydroxylation is 1. The standard InChI is InChI=1S/C19H23NO/c1-3-21-17-10-11-19(14(2)12-17)20-13-16-6-4-5-7-18(16)15-8-9-15/h4-7,10-12,15,20H,3,8-9,13H2,1-2H3. The van der Waals surface area contributed by atoms with E-state index >= 15 is 0 Å². The Bertz CT molecular complexity index is 617. The topological polar surface area (TPSA) is 21.3 Å². The maximum atomic E-state index is 5.54. The lowest BCUT2D eigenvalue weighted by atomic mass is 10.0. The summed E-state index contributed by atoms with van der Waals surface area (Å²) in [6, 6.07) is 15.0. The van der Waals surface area contributed by atoms with Crippen LogP contribution in [0.2, 0.25) is 0 Å². The minimum atomic E-state index is 0.709. The molecule has 0 amide bonds. The van der Waals surface area contributed by atoms with Crippen LogP contribution in [-0.4, -0.2) is 6.61 Å². The maximum absolute atomic E-state index is 5.54. The number of nitrogens with one attached hydrogen (secondary N) is 1. The fourth-order valence-electron chi connectivity index (χ4n) is 2.77. The summed E-state index contributed by atoms with van der Waals surface area (Å²) < 4.78 is 5.54. The van der Waals surface area contributed by atoms with Crippen LogP contribution >= 0.6 is 0 Å². The first-order chi connectivity index (χ1) is 10.3. The van der Waals surface area contributed by atoms with Crippen LogP contribution < -0.4 is 10.1 Å². The van der Waals surface area contributed by atoms with Gasteiger partial charge in [-0.1, -0.05) is 24.3 Å². The van der Waals surface area contributed by atoms with E-state index in [0.29, 0.717) is 6.61 Å². The predicted molar refractivity (Wildman–Crippen MR) is 88.1 cm³/mol. The van der Waals surface area contributed by atoms with Gasteiger partial charge in [-0.3, -0.25) is 0 Å². The molecule has 1 fully saturated rings. The molecule has 0 unspecified atom stereocenters. The summed E-state index contributed by atoms with van der Waals surface area (Å²) in [7, 11) is 0. The quantitative estimate of drug-likeness (QED) is 0.814. The molecule has 0 bridgehead atoms. The summed E-state index contributed by atoms with van der Waals surface area (Å²) in [5.74, 6) is 1.74. The van der Waals surface area contributed by atoms with Crippen molar-refractivity contribution in [2.24, 2.45) is 0 Å². The Morgan fingerprint density at radius 3 is 2.67 bits per heavy atom. The predicted octanol–water partition coefficient (Wildman–Crippen LogP) is 4.88. The summed E-state index contributed by atoms with van der Waals surface area (Å²) in [5.41, 5.74) is 5.36. The molecule has 0 radical (unpaired) electrons. The van der Waals surface area contributed by atoms with E-state index in [-0.39, 0.29) is 0 Å². The van der Waals surface area contributed by atoms with Crippen molar-refractivity contribution >= 4 is 5.69 Å². The van der Waals surface area contributed by atoms with Crippen LogP contribution in [0.25, 0.3) is 0 Å². The van der Waals surface area contributed by atoms with Gasteiger partial charge in [0.05, 0.1) is 6.61 Å². The average molecular weight is 281 g/mol. The lowest BCUT2D eigenvalue weighted by molar-refractivity contribution is 0.340. The fraction of sp³-hybridized carbons (Fsp3) is 0.368. The third kappa shape index (κ3) is 3.38. The Kier molecular flexibility index (Phi) is 4.14. The van der Waals surface area contributed by atoms with E-state index in [9.17, 15) is 0 Å². The van der Waals surface area contributed by atoms with Crippen molar-refractivity contribution < 1.29 is 4.74 Å². The van der Waals surface area contributed by atoms with Crippen molar-refractivity contribution in [2.75, 3.05) is 11.9 Å². The molecule has 0 spiro atoms. The zero-order chi connectivity index (χ0) is 14.7. The van der Waals surface area contributed by atoms with Crippen LogP contribution in [0.4, 0.5) is 5.69 Å². The molecule has 21 heavy (non-hydrogen) atoms. The zero-order valence-electron chi connectivity index (χ0n) is 12.9. The van der Waals surface area contributed by atoms with Gasteiger partial charge in [-0.2, -0.15) is 0 Å². The van der Waals surface area contributed by atoms with Gasteiger partial charge in [-0.15, -0.1) is 0 Å². The molecule has 0 heterocycles. The van der Waals surface area contributed by atoms with Gasteiger partial charge in [0.2, 0.25) is 0 Å². The van der Waals surface area contributed by atoms with E-state index in [4.69, 9.17) is 4.74 Å². The van der Waals surface area contributed by atoms with Gasteiger partial charge < -0.3 is 10.1 Å². The number of hydrogen-bond acceptors (Lipinski definition) is 2. The molecule has 1 saturated carbocycles. The summed E-state index contributed by atoms with van der Waals surface area (Å²) in [4.78, 5) is 0. The Balaban J connectivity index is 1.70. The molecule has 0 aliphatic heterocycles. The Hall–Kier alpha value is -1.96. The summed E-state index contributed by atoms with van der Waals surface area (Å²) >= 11 is 0. The lowest BCUT2D eigenvalue weighted by Gasteiger charge is -2.14. The number of benzene rings is 2. The minimum Gasteiger partial charge on any atom is -0.494 e. The highest BCUT2D eigenvalue weighted by atomic mass is 16.5. The number of ether oxygens (including phenoxy) is 1. The molecular weight excluding hydrogens is 258 g/mol. The minimum absolute atomic E-state index is 0.709. The van der Waals surface area contributed by atoms with Crippen LogP contribution in [0.5, 0.6) is 5.75 Å². The molecule has 0 aromatic heterocycles. The number of hydrogen-bond donors (Lipinski definition) is 1. The van der Waals surface area contributed by atoms with Crippen molar-refractivity contribution in [1.29, 1.82) is 0 Å². The van der Waals surface area contributed by atoms with Gasteiger partial charge in [0.15, 0.2) is 0 Å². The molecule has 2 aromatic carbocycles. The van der Waals surface area contributed by atoms with Crippen molar-refractivity contribution in [1.82, 2.24) is 0 Å². The molecule has 3 rings (SSSR count). The smallest absolute Gasteiger partial charge is 0.119 e. The van der Waals surface area contributed by atoms with Crippen molar-refractivity contribution in [2.45, 2.75) is 39.2 Å². The van der Waals surface area contributed by atoms with Gasteiger partial charge >= 0.3 is 0 Å². The van der Waals surface area contributed by atoms with Crippen LogP contribution in [0.1, 0.15) is 42.4 Å². The lowest BCUT2D eigenvalue weighted by Crippen LogP contribution is -2.04. The average Bonchev–Trinajstić information content (AvgIpc) is 3.32. The van der Waals surface area contributed by atoms with E-state index in [0.717, 1.165) is 18.2 Å². The largest absolute Gasteiger partial charge is 0.494 e. The molecule has 1 aliphatic rings. The first kappa shape index (κ1) is 14.0. The second-order valence-corrected chi connectivity index (χ2v) is 5.74. The van der Waals surface area contributed by atoms with Crippen molar-refractivity contribution in [3.8, 4) is 5.75 Å². The number of anilines is 1. The van der Waals surface area contributed by atoms with Gasteiger partial charge in [0, 0.05) is 12.2 Å². The summed E-state index contributed by atoms with van der Waals surface area (Å²) in [6.07, 6.45) is 2.69. The third-order valence-electron chi connectivity index (χ3n) is 4.05. The highest BCUT2D eigenvalue weighted by molar-refractivity contribution is 5.54. The van der Waals surface area contributed by atoms with E-state index in [2.05, 4.69) is 48.6 Å². The molecule has 2 aromatic rings. The van der Waals surface area contributed by atoms with Crippen molar-refractivity contribution in [3.05, 3.63) is 59.2 Å². The van der Waals surface area contributed by atoms with E-state index in [1.807, 2.05) is 13.0 Å². The van der Waals surface area contributed by atoms with E-state index < -0.39 is 0 Å². The molecule has 0 atom stereocenters. The van der Waals surface area contributed by atoms with Crippen LogP contribution in [0, 0.1) is 6.92 Å². The highest BCUT2D eigenvalue weighted by Crippen LogP contribution is 2.41. The zero-order valence-corrected chi connectivity index (χ0v) is 12.9. The second-order valence-electron chi connectivity index (χ2n) is 5.74. The van der Waals surface area contributed by atoms with Gasteiger partial charge in [0.25, 0.3) is 0 Å². The first-order valence-corrected chi connectivity index (χ1v) is 7.83. The van der Waals surface area contributed by atoms with Crippen LogP contribution in [-0.2, 0) is 6.54 Å². The maximum Gasteiger partial charge on any atom is 0.119 e. The van der Waals surface area contributed by atoms with Crippen LogP contribution in [0.3, 0.4) is 0 Å². The normalized spacial score (nSPS) is 14.0. The molecule has 2 heteroatoms. The van der Waals surface area contributed by atoms with Gasteiger partial charge in [-0.05, 0) is 67.5 Å². The Labute approximate surface area is 127 Å². The Morgan fingerprint density at radius 1 is 1.14 bits per heavy atom. The summed E-state index contributed by atoms with van der Waals surface area (Å²) in [6.45, 7) is 5.73. The Morgan fingerprint density at radius 2 is 1.95 bits per heavy atom. The van der Waals surface area contributed by atoms with E-state index in [1.165, 1.54) is 35.2 Å². The summed E-state index contributed by atoms with van der Waals surface area (Å²) in [5, 5.41) is 3.57. The molecule has 110 valence electrons. The van der Waals surface area contributed by atoms with Crippen molar-refractivity contribution in [3.63, 3.8) is 0 Å². The molecular formula is C19H23NO. The monoisotopic (exact) mass is 281 g/mol. The SMILES string of the molecule is CCOc1ccc(NCc2ccccc2C2CC2)c(C)c1. The van der Waals surface area contributed by atoms with Gasteiger partial charge in [-0.25, -0.2) is 0 Å². The van der Waals surface area contributed by atoms with Crippen LogP contribution in [0.15, 0.2) is 42.5 Å². The highest BCUT2D eigenvalue weighted by Gasteiger charge is 2.25. The molecule has 0 saturated heterocycles. The third-order valence-corrected chi connectivity index (χ3v) is 4.05. The fourth-order valence-corrected chi connectivity index (χ4v) is 2.77. The molecule has 1 aliphatic carbocycles.